The second kappa shape index (κ2) is 8.06. The lowest BCUT2D eigenvalue weighted by atomic mass is 10.0. The van der Waals surface area contributed by atoms with Crippen molar-refractivity contribution in [1.82, 2.24) is 14.5 Å². The number of nitrogens with zero attached hydrogens (tertiary/aromatic N) is 4. The van der Waals surface area contributed by atoms with Gasteiger partial charge in [0, 0.05) is 12.4 Å². The lowest BCUT2D eigenvalue weighted by Crippen LogP contribution is -2.22. The molecule has 0 spiro atoms. The fourth-order valence-corrected chi connectivity index (χ4v) is 3.07. The number of hydrogen-bond acceptors (Lipinski definition) is 5. The highest BCUT2D eigenvalue weighted by Gasteiger charge is 2.12. The van der Waals surface area contributed by atoms with Gasteiger partial charge in [-0.2, -0.15) is 5.10 Å². The van der Waals surface area contributed by atoms with E-state index in [2.05, 4.69) is 34.3 Å². The Labute approximate surface area is 168 Å². The predicted molar refractivity (Wildman–Crippen MR) is 117 cm³/mol. The Bertz CT molecular complexity index is 1210. The second-order valence-corrected chi connectivity index (χ2v) is 6.99. The molecule has 0 saturated heterocycles. The molecule has 0 aliphatic heterocycles. The van der Waals surface area contributed by atoms with Crippen LogP contribution < -0.4 is 11.0 Å². The van der Waals surface area contributed by atoms with Crippen LogP contribution in [0.25, 0.3) is 16.6 Å². The molecule has 0 bridgehead atoms. The van der Waals surface area contributed by atoms with Crippen molar-refractivity contribution < 1.29 is 0 Å². The summed E-state index contributed by atoms with van der Waals surface area (Å²) in [4.78, 5) is 21.8. The minimum absolute atomic E-state index is 0.144. The molecular formula is C23H21N5O. The molecule has 2 aromatic carbocycles. The van der Waals surface area contributed by atoms with Gasteiger partial charge in [0.1, 0.15) is 0 Å². The Kier molecular flexibility index (Phi) is 5.16. The highest BCUT2D eigenvalue weighted by Crippen LogP contribution is 2.20. The second-order valence-electron chi connectivity index (χ2n) is 6.99. The van der Waals surface area contributed by atoms with Gasteiger partial charge < -0.3 is 0 Å². The van der Waals surface area contributed by atoms with Gasteiger partial charge in [-0.15, -0.1) is 0 Å². The number of hydrogen-bond donors (Lipinski definition) is 1. The molecule has 6 heteroatoms. The normalized spacial score (nSPS) is 11.4. The largest absolute Gasteiger partial charge is 0.268 e. The fourth-order valence-electron chi connectivity index (χ4n) is 3.07. The fraction of sp³-hybridized carbons (Fsp3) is 0.130. The van der Waals surface area contributed by atoms with Crippen molar-refractivity contribution in [3.05, 3.63) is 94.5 Å². The van der Waals surface area contributed by atoms with E-state index in [4.69, 9.17) is 0 Å². The van der Waals surface area contributed by atoms with Crippen LogP contribution in [-0.2, 0) is 0 Å². The zero-order valence-electron chi connectivity index (χ0n) is 16.3. The average Bonchev–Trinajstić information content (AvgIpc) is 2.75. The number of para-hydroxylation sites is 1. The van der Waals surface area contributed by atoms with Gasteiger partial charge in [-0.3, -0.25) is 9.78 Å². The van der Waals surface area contributed by atoms with Crippen molar-refractivity contribution in [3.63, 3.8) is 0 Å². The first kappa shape index (κ1) is 18.6. The quantitative estimate of drug-likeness (QED) is 0.411. The molecule has 144 valence electrons. The van der Waals surface area contributed by atoms with Gasteiger partial charge in [-0.25, -0.2) is 15.0 Å². The summed E-state index contributed by atoms with van der Waals surface area (Å²) in [5.74, 6) is 0.773. The van der Waals surface area contributed by atoms with E-state index in [9.17, 15) is 4.79 Å². The van der Waals surface area contributed by atoms with E-state index in [0.29, 0.717) is 22.8 Å². The number of rotatable bonds is 5. The van der Waals surface area contributed by atoms with E-state index in [1.165, 1.54) is 5.56 Å². The summed E-state index contributed by atoms with van der Waals surface area (Å²) in [7, 11) is 0. The van der Waals surface area contributed by atoms with Gasteiger partial charge in [0.25, 0.3) is 5.56 Å². The van der Waals surface area contributed by atoms with Crippen LogP contribution in [0.1, 0.15) is 30.9 Å². The van der Waals surface area contributed by atoms with Crippen LogP contribution in [0.5, 0.6) is 0 Å². The van der Waals surface area contributed by atoms with Crippen molar-refractivity contribution in [2.45, 2.75) is 19.8 Å². The predicted octanol–water partition coefficient (Wildman–Crippen LogP) is 4.35. The third kappa shape index (κ3) is 3.91. The number of nitrogens with one attached hydrogen (secondary N) is 1. The highest BCUT2D eigenvalue weighted by atomic mass is 16.1. The Balaban J connectivity index is 1.80. The Morgan fingerprint density at radius 3 is 2.45 bits per heavy atom. The van der Waals surface area contributed by atoms with Crippen LogP contribution in [0.4, 0.5) is 5.95 Å². The monoisotopic (exact) mass is 383 g/mol. The van der Waals surface area contributed by atoms with Crippen molar-refractivity contribution in [2.24, 2.45) is 5.10 Å². The molecule has 0 radical (unpaired) electrons. The van der Waals surface area contributed by atoms with E-state index in [-0.39, 0.29) is 5.56 Å². The lowest BCUT2D eigenvalue weighted by Gasteiger charge is -2.14. The van der Waals surface area contributed by atoms with E-state index in [1.807, 2.05) is 54.6 Å². The van der Waals surface area contributed by atoms with Crippen molar-refractivity contribution in [2.75, 3.05) is 5.43 Å². The van der Waals surface area contributed by atoms with E-state index >= 15 is 0 Å². The lowest BCUT2D eigenvalue weighted by molar-refractivity contribution is 0.863. The van der Waals surface area contributed by atoms with Crippen molar-refractivity contribution in [1.29, 1.82) is 0 Å². The zero-order valence-corrected chi connectivity index (χ0v) is 16.3. The van der Waals surface area contributed by atoms with Crippen LogP contribution >= 0.6 is 0 Å². The van der Waals surface area contributed by atoms with E-state index in [0.717, 1.165) is 11.3 Å². The first-order valence-corrected chi connectivity index (χ1v) is 9.45. The molecule has 0 atom stereocenters. The Morgan fingerprint density at radius 1 is 1.00 bits per heavy atom. The molecule has 29 heavy (non-hydrogen) atoms. The van der Waals surface area contributed by atoms with Crippen molar-refractivity contribution >= 4 is 23.1 Å². The summed E-state index contributed by atoms with van der Waals surface area (Å²) in [6.07, 6.45) is 5.05. The van der Waals surface area contributed by atoms with E-state index < -0.39 is 0 Å². The third-order valence-electron chi connectivity index (χ3n) is 4.68. The number of benzene rings is 2. The molecule has 4 aromatic rings. The summed E-state index contributed by atoms with van der Waals surface area (Å²) in [5, 5.41) is 4.83. The molecule has 0 saturated carbocycles. The summed E-state index contributed by atoms with van der Waals surface area (Å²) in [6.45, 7) is 4.28. The van der Waals surface area contributed by atoms with Crippen LogP contribution in [0.3, 0.4) is 0 Å². The average molecular weight is 383 g/mol. The standard InChI is InChI=1S/C23H21N5O/c1-16(2)18-7-9-19(10-8-18)28-22(29)20-5-3-4-6-21(20)26-23(28)27-25-15-17-11-13-24-14-12-17/h3-16H,1-2H3,(H,26,27)/b25-15-. The first-order chi connectivity index (χ1) is 14.1. The van der Waals surface area contributed by atoms with Crippen LogP contribution in [0.15, 0.2) is 83.0 Å². The molecule has 0 unspecified atom stereocenters. The van der Waals surface area contributed by atoms with Gasteiger partial charge >= 0.3 is 0 Å². The summed E-state index contributed by atoms with van der Waals surface area (Å²) in [5.41, 5.74) is 6.24. The van der Waals surface area contributed by atoms with Crippen molar-refractivity contribution in [3.8, 4) is 5.69 Å². The maximum Gasteiger partial charge on any atom is 0.267 e. The molecule has 2 heterocycles. The third-order valence-corrected chi connectivity index (χ3v) is 4.68. The Morgan fingerprint density at radius 2 is 1.72 bits per heavy atom. The minimum atomic E-state index is -0.144. The van der Waals surface area contributed by atoms with Crippen LogP contribution in [0.2, 0.25) is 0 Å². The molecule has 0 aliphatic carbocycles. The van der Waals surface area contributed by atoms with E-state index in [1.54, 1.807) is 29.2 Å². The minimum Gasteiger partial charge on any atom is -0.268 e. The summed E-state index contributed by atoms with van der Waals surface area (Å²) < 4.78 is 1.55. The molecule has 0 fully saturated rings. The van der Waals surface area contributed by atoms with Gasteiger partial charge in [-0.1, -0.05) is 38.1 Å². The summed E-state index contributed by atoms with van der Waals surface area (Å²) >= 11 is 0. The molecule has 0 amide bonds. The molecule has 6 nitrogen and oxygen atoms in total. The van der Waals surface area contributed by atoms with Gasteiger partial charge in [0.2, 0.25) is 5.95 Å². The maximum atomic E-state index is 13.2. The topological polar surface area (TPSA) is 72.2 Å². The molecule has 1 N–H and O–H groups in total. The zero-order chi connectivity index (χ0) is 20.2. The Hall–Kier alpha value is -3.80. The van der Waals surface area contributed by atoms with Crippen LogP contribution in [0, 0.1) is 0 Å². The highest BCUT2D eigenvalue weighted by molar-refractivity contribution is 5.81. The van der Waals surface area contributed by atoms with Gasteiger partial charge in [-0.05, 0) is 53.4 Å². The molecule has 4 rings (SSSR count). The summed E-state index contributed by atoms with van der Waals surface area (Å²) in [6, 6.07) is 18.9. The number of anilines is 1. The smallest absolute Gasteiger partial charge is 0.267 e. The molecular weight excluding hydrogens is 362 g/mol. The number of pyridine rings is 1. The molecule has 2 aromatic heterocycles. The molecule has 0 aliphatic rings. The SMILES string of the molecule is CC(C)c1ccc(-n2c(N/N=C\c3ccncc3)nc3ccccc3c2=O)cc1. The van der Waals surface area contributed by atoms with Gasteiger partial charge in [0.15, 0.2) is 0 Å². The number of fused-ring (bicyclic) bond motifs is 1. The first-order valence-electron chi connectivity index (χ1n) is 9.45. The number of hydrazone groups is 1. The van der Waals surface area contributed by atoms with Crippen LogP contribution in [-0.4, -0.2) is 20.7 Å². The maximum absolute atomic E-state index is 13.2. The number of aromatic nitrogens is 3. The van der Waals surface area contributed by atoms with Gasteiger partial charge in [0.05, 0.1) is 22.8 Å².